The van der Waals surface area contributed by atoms with Crippen LogP contribution in [0.2, 0.25) is 0 Å². The lowest BCUT2D eigenvalue weighted by atomic mass is 10.2. The number of rotatable bonds is 6. The van der Waals surface area contributed by atoms with Gasteiger partial charge in [0.15, 0.2) is 11.6 Å². The third-order valence-electron chi connectivity index (χ3n) is 4.56. The number of nitrogens with one attached hydrogen (secondary N) is 2. The number of benzene rings is 3. The molecule has 2 N–H and O–H groups in total. The summed E-state index contributed by atoms with van der Waals surface area (Å²) >= 11 is 0. The fourth-order valence-electron chi connectivity index (χ4n) is 3.09. The topological polar surface area (TPSA) is 93.2 Å². The van der Waals surface area contributed by atoms with Crippen LogP contribution in [0.25, 0.3) is 11.0 Å². The molecule has 9 heteroatoms. The van der Waals surface area contributed by atoms with E-state index in [2.05, 4.69) is 20.0 Å². The number of sulfonamides is 1. The quantitative estimate of drug-likeness (QED) is 0.456. The molecule has 4 aromatic rings. The number of ether oxygens (including phenoxy) is 1. The van der Waals surface area contributed by atoms with Gasteiger partial charge in [-0.2, -0.15) is 0 Å². The summed E-state index contributed by atoms with van der Waals surface area (Å²) in [5, 5.41) is 3.10. The summed E-state index contributed by atoms with van der Waals surface area (Å²) < 4.78 is 47.2. The zero-order valence-corrected chi connectivity index (χ0v) is 17.6. The predicted molar refractivity (Wildman–Crippen MR) is 118 cm³/mol. The van der Waals surface area contributed by atoms with Crippen molar-refractivity contribution in [3.63, 3.8) is 0 Å². The largest absolute Gasteiger partial charge is 0.497 e. The summed E-state index contributed by atoms with van der Waals surface area (Å²) in [6.45, 7) is 1.53. The van der Waals surface area contributed by atoms with Gasteiger partial charge in [-0.15, -0.1) is 0 Å². The molecule has 0 aliphatic rings. The van der Waals surface area contributed by atoms with Gasteiger partial charge in [0, 0.05) is 11.8 Å². The Morgan fingerprint density at radius 3 is 2.29 bits per heavy atom. The Labute approximate surface area is 179 Å². The molecule has 0 radical (unpaired) electrons. The number of halogens is 1. The van der Waals surface area contributed by atoms with Gasteiger partial charge in [-0.1, -0.05) is 18.2 Å². The highest BCUT2D eigenvalue weighted by atomic mass is 32.2. The number of para-hydroxylation sites is 2. The van der Waals surface area contributed by atoms with Crippen molar-refractivity contribution in [3.8, 4) is 5.75 Å². The van der Waals surface area contributed by atoms with Crippen LogP contribution in [0.4, 0.5) is 21.7 Å². The van der Waals surface area contributed by atoms with Crippen molar-refractivity contribution < 1.29 is 17.5 Å². The van der Waals surface area contributed by atoms with Crippen LogP contribution in [0, 0.1) is 12.7 Å². The van der Waals surface area contributed by atoms with Gasteiger partial charge in [0.2, 0.25) is 0 Å². The first-order chi connectivity index (χ1) is 14.9. The lowest BCUT2D eigenvalue weighted by Crippen LogP contribution is -2.17. The third-order valence-corrected chi connectivity index (χ3v) is 6.06. The molecular weight excluding hydrogens is 419 g/mol. The summed E-state index contributed by atoms with van der Waals surface area (Å²) in [5.41, 5.74) is 2.03. The Hall–Kier alpha value is -3.72. The van der Waals surface area contributed by atoms with Crippen molar-refractivity contribution in [2.45, 2.75) is 11.8 Å². The number of aromatic nitrogens is 2. The third kappa shape index (κ3) is 4.41. The van der Waals surface area contributed by atoms with Crippen molar-refractivity contribution in [1.82, 2.24) is 9.97 Å². The highest BCUT2D eigenvalue weighted by molar-refractivity contribution is 7.92. The van der Waals surface area contributed by atoms with E-state index in [-0.39, 0.29) is 22.1 Å². The molecule has 7 nitrogen and oxygen atoms in total. The second kappa shape index (κ2) is 8.19. The molecule has 1 aromatic heterocycles. The SMILES string of the molecule is COc1cccc(Nc2nc3ccccc3nc2NS(=O)(=O)c2ccc(F)cc2C)c1. The Balaban J connectivity index is 1.79. The Kier molecular flexibility index (Phi) is 5.43. The number of hydrogen-bond acceptors (Lipinski definition) is 6. The molecule has 1 heterocycles. The van der Waals surface area contributed by atoms with Gasteiger partial charge in [-0.25, -0.2) is 22.8 Å². The van der Waals surface area contributed by atoms with E-state index in [9.17, 15) is 12.8 Å². The number of methoxy groups -OCH3 is 1. The fraction of sp³-hybridized carbons (Fsp3) is 0.0909. The number of hydrogen-bond donors (Lipinski definition) is 2. The Morgan fingerprint density at radius 2 is 1.61 bits per heavy atom. The maximum absolute atomic E-state index is 13.4. The van der Waals surface area contributed by atoms with Crippen molar-refractivity contribution in [1.29, 1.82) is 0 Å². The predicted octanol–water partition coefficient (Wildman–Crippen LogP) is 4.63. The normalized spacial score (nSPS) is 11.3. The van der Waals surface area contributed by atoms with Gasteiger partial charge >= 0.3 is 0 Å². The van der Waals surface area contributed by atoms with Crippen LogP contribution in [-0.2, 0) is 10.0 Å². The molecular formula is C22H19FN4O3S. The van der Waals surface area contributed by atoms with Crippen molar-refractivity contribution in [2.75, 3.05) is 17.1 Å². The number of anilines is 3. The van der Waals surface area contributed by atoms with Crippen molar-refractivity contribution in [3.05, 3.63) is 78.1 Å². The van der Waals surface area contributed by atoms with E-state index >= 15 is 0 Å². The lowest BCUT2D eigenvalue weighted by molar-refractivity contribution is 0.415. The van der Waals surface area contributed by atoms with Crippen molar-refractivity contribution >= 4 is 38.4 Å². The highest BCUT2D eigenvalue weighted by Crippen LogP contribution is 2.29. The van der Waals surface area contributed by atoms with Gasteiger partial charge in [-0.05, 0) is 55.0 Å². The summed E-state index contributed by atoms with van der Waals surface area (Å²) in [6, 6.07) is 17.7. The highest BCUT2D eigenvalue weighted by Gasteiger charge is 2.21. The van der Waals surface area contributed by atoms with Crippen LogP contribution in [0.3, 0.4) is 0 Å². The monoisotopic (exact) mass is 438 g/mol. The molecule has 0 aliphatic heterocycles. The second-order valence-corrected chi connectivity index (χ2v) is 8.43. The molecule has 0 saturated carbocycles. The smallest absolute Gasteiger partial charge is 0.263 e. The van der Waals surface area contributed by atoms with Crippen LogP contribution in [0.15, 0.2) is 71.6 Å². The molecule has 0 spiro atoms. The van der Waals surface area contributed by atoms with E-state index in [0.29, 0.717) is 22.5 Å². The van der Waals surface area contributed by atoms with Crippen LogP contribution in [0.5, 0.6) is 5.75 Å². The van der Waals surface area contributed by atoms with E-state index in [1.165, 1.54) is 13.0 Å². The molecule has 0 bridgehead atoms. The van der Waals surface area contributed by atoms with E-state index in [4.69, 9.17) is 4.74 Å². The average molecular weight is 438 g/mol. The van der Waals surface area contributed by atoms with Crippen LogP contribution in [0.1, 0.15) is 5.56 Å². The zero-order chi connectivity index (χ0) is 22.0. The van der Waals surface area contributed by atoms with E-state index in [1.807, 2.05) is 6.07 Å². The minimum atomic E-state index is -4.04. The maximum Gasteiger partial charge on any atom is 0.263 e. The molecule has 4 rings (SSSR count). The first-order valence-corrected chi connectivity index (χ1v) is 10.8. The molecule has 0 unspecified atom stereocenters. The minimum Gasteiger partial charge on any atom is -0.497 e. The summed E-state index contributed by atoms with van der Waals surface area (Å²) in [6.07, 6.45) is 0. The van der Waals surface area contributed by atoms with Gasteiger partial charge in [0.1, 0.15) is 11.6 Å². The fourth-order valence-corrected chi connectivity index (χ4v) is 4.33. The van der Waals surface area contributed by atoms with E-state index < -0.39 is 15.8 Å². The van der Waals surface area contributed by atoms with Gasteiger partial charge in [0.25, 0.3) is 10.0 Å². The standard InChI is InChI=1S/C22H19FN4O3S/c1-14-12-15(23)10-11-20(14)31(28,29)27-22-21(24-16-6-5-7-17(13-16)30-2)25-18-8-3-4-9-19(18)26-22/h3-13H,1-2H3,(H,24,25)(H,26,27). The molecule has 31 heavy (non-hydrogen) atoms. The molecule has 0 aliphatic carbocycles. The second-order valence-electron chi connectivity index (χ2n) is 6.78. The maximum atomic E-state index is 13.4. The van der Waals surface area contributed by atoms with E-state index in [0.717, 1.165) is 12.1 Å². The molecule has 0 saturated heterocycles. The number of nitrogens with zero attached hydrogens (tertiary/aromatic N) is 2. The van der Waals surface area contributed by atoms with Gasteiger partial charge < -0.3 is 10.1 Å². The number of fused-ring (bicyclic) bond motifs is 1. The first kappa shape index (κ1) is 20.5. The van der Waals surface area contributed by atoms with Gasteiger partial charge in [0.05, 0.1) is 23.0 Å². The summed E-state index contributed by atoms with van der Waals surface area (Å²) in [5.74, 6) is 0.352. The molecule has 3 aromatic carbocycles. The Bertz CT molecular complexity index is 1380. The Morgan fingerprint density at radius 1 is 0.903 bits per heavy atom. The lowest BCUT2D eigenvalue weighted by Gasteiger charge is -2.15. The van der Waals surface area contributed by atoms with E-state index in [1.54, 1.807) is 49.6 Å². The summed E-state index contributed by atoms with van der Waals surface area (Å²) in [4.78, 5) is 8.94. The van der Waals surface area contributed by atoms with Crippen LogP contribution >= 0.6 is 0 Å². The molecule has 0 amide bonds. The average Bonchev–Trinajstić information content (AvgIpc) is 2.73. The van der Waals surface area contributed by atoms with Crippen LogP contribution < -0.4 is 14.8 Å². The summed E-state index contributed by atoms with van der Waals surface area (Å²) in [7, 11) is -2.49. The first-order valence-electron chi connectivity index (χ1n) is 9.32. The zero-order valence-electron chi connectivity index (χ0n) is 16.8. The van der Waals surface area contributed by atoms with Crippen molar-refractivity contribution in [2.24, 2.45) is 0 Å². The molecule has 158 valence electrons. The van der Waals surface area contributed by atoms with Crippen LogP contribution in [-0.4, -0.2) is 25.5 Å². The minimum absolute atomic E-state index is 0.0187. The number of aryl methyl sites for hydroxylation is 1. The molecule has 0 atom stereocenters. The molecule has 0 fully saturated rings. The van der Waals surface area contributed by atoms with Gasteiger partial charge in [-0.3, -0.25) is 4.72 Å².